The lowest BCUT2D eigenvalue weighted by molar-refractivity contribution is -0.119. The first-order valence-corrected chi connectivity index (χ1v) is 8.93. The molecule has 0 saturated heterocycles. The summed E-state index contributed by atoms with van der Waals surface area (Å²) in [5, 5.41) is 12.3. The van der Waals surface area contributed by atoms with Crippen LogP contribution < -0.4 is 11.2 Å². The highest BCUT2D eigenvalue weighted by molar-refractivity contribution is 7.99. The fourth-order valence-corrected chi connectivity index (χ4v) is 3.03. The van der Waals surface area contributed by atoms with Crippen molar-refractivity contribution >= 4 is 29.3 Å². The molecule has 0 radical (unpaired) electrons. The van der Waals surface area contributed by atoms with Crippen LogP contribution in [0.3, 0.4) is 0 Å². The zero-order valence-corrected chi connectivity index (χ0v) is 15.8. The van der Waals surface area contributed by atoms with E-state index in [1.54, 1.807) is 6.07 Å². The van der Waals surface area contributed by atoms with Crippen molar-refractivity contribution in [3.63, 3.8) is 0 Å². The lowest BCUT2D eigenvalue weighted by atomic mass is 9.96. The average Bonchev–Trinajstić information content (AvgIpc) is 2.86. The van der Waals surface area contributed by atoms with Crippen LogP contribution in [0, 0.1) is 0 Å². The van der Waals surface area contributed by atoms with Crippen LogP contribution in [-0.4, -0.2) is 26.5 Å². The maximum atomic E-state index is 12.1. The Hall–Kier alpha value is -1.73. The van der Waals surface area contributed by atoms with Crippen molar-refractivity contribution in [2.75, 3.05) is 11.6 Å². The van der Waals surface area contributed by atoms with E-state index in [1.165, 1.54) is 16.4 Å². The lowest BCUT2D eigenvalue weighted by Crippen LogP contribution is -2.28. The van der Waals surface area contributed by atoms with Gasteiger partial charge >= 0.3 is 0 Å². The Labute approximate surface area is 151 Å². The van der Waals surface area contributed by atoms with Gasteiger partial charge < -0.3 is 11.2 Å². The minimum Gasteiger partial charge on any atom is -0.349 e. The van der Waals surface area contributed by atoms with Crippen molar-refractivity contribution in [2.24, 2.45) is 0 Å². The van der Waals surface area contributed by atoms with Gasteiger partial charge in [-0.1, -0.05) is 56.3 Å². The van der Waals surface area contributed by atoms with Crippen LogP contribution in [0.25, 0.3) is 0 Å². The Kier molecular flexibility index (Phi) is 5.77. The summed E-state index contributed by atoms with van der Waals surface area (Å²) in [6.45, 7) is 7.94. The molecule has 0 unspecified atom stereocenters. The van der Waals surface area contributed by atoms with E-state index >= 15 is 0 Å². The number of nitrogen functional groups attached to an aromatic ring is 1. The lowest BCUT2D eigenvalue weighted by Gasteiger charge is -2.16. The van der Waals surface area contributed by atoms with Crippen LogP contribution in [0.4, 0.5) is 0 Å². The minimum absolute atomic E-state index is 0.104. The van der Waals surface area contributed by atoms with Crippen LogP contribution in [0.1, 0.15) is 45.1 Å². The minimum atomic E-state index is -0.204. The fraction of sp³-hybridized carbons (Fsp3) is 0.438. The van der Waals surface area contributed by atoms with Gasteiger partial charge in [0.1, 0.15) is 0 Å². The van der Waals surface area contributed by atoms with Crippen LogP contribution in [0.5, 0.6) is 0 Å². The number of hydrogen-bond donors (Lipinski definition) is 2. The van der Waals surface area contributed by atoms with Crippen LogP contribution in [-0.2, 0) is 10.2 Å². The fourth-order valence-electron chi connectivity index (χ4n) is 2.16. The molecule has 0 aliphatic rings. The third-order valence-electron chi connectivity index (χ3n) is 3.39. The van der Waals surface area contributed by atoms with Gasteiger partial charge in [-0.2, -0.15) is 0 Å². The molecule has 0 spiro atoms. The second kappa shape index (κ2) is 7.44. The Morgan fingerprint density at radius 1 is 1.42 bits per heavy atom. The highest BCUT2D eigenvalue weighted by Gasteiger charge is 2.23. The van der Waals surface area contributed by atoms with Gasteiger partial charge in [-0.05, 0) is 24.6 Å². The number of nitrogens with zero attached hydrogens (tertiary/aromatic N) is 3. The van der Waals surface area contributed by atoms with Crippen molar-refractivity contribution in [3.8, 4) is 0 Å². The third-order valence-corrected chi connectivity index (χ3v) is 4.57. The monoisotopic (exact) mass is 367 g/mol. The van der Waals surface area contributed by atoms with E-state index in [1.807, 2.05) is 45.9 Å². The number of amides is 1. The van der Waals surface area contributed by atoms with Crippen molar-refractivity contribution in [2.45, 2.75) is 44.3 Å². The van der Waals surface area contributed by atoms with Crippen LogP contribution in [0.2, 0.25) is 5.02 Å². The first-order valence-electron chi connectivity index (χ1n) is 7.57. The molecular formula is C16H22ClN5OS. The second-order valence-corrected chi connectivity index (χ2v) is 7.94. The summed E-state index contributed by atoms with van der Waals surface area (Å²) in [5.41, 5.74) is 0.752. The number of aromatic nitrogens is 3. The number of nitrogens with one attached hydrogen (secondary N) is 1. The molecule has 6 nitrogen and oxygen atoms in total. The van der Waals surface area contributed by atoms with Gasteiger partial charge in [0.2, 0.25) is 11.1 Å². The van der Waals surface area contributed by atoms with Gasteiger partial charge in [-0.25, -0.2) is 4.68 Å². The predicted molar refractivity (Wildman–Crippen MR) is 97.6 cm³/mol. The molecule has 1 heterocycles. The van der Waals surface area contributed by atoms with Gasteiger partial charge in [0.05, 0.1) is 11.8 Å². The number of benzene rings is 1. The average molecular weight is 368 g/mol. The molecule has 2 rings (SSSR count). The SMILES string of the molecule is C[C@@H](NC(=O)CSc1nnc(C(C)(C)C)n1N)c1cccc(Cl)c1. The molecule has 24 heavy (non-hydrogen) atoms. The molecule has 0 bridgehead atoms. The van der Waals surface area contributed by atoms with Crippen LogP contribution >= 0.6 is 23.4 Å². The van der Waals surface area contributed by atoms with Gasteiger partial charge in [0, 0.05) is 10.4 Å². The summed E-state index contributed by atoms with van der Waals surface area (Å²) in [5.74, 6) is 6.80. The van der Waals surface area contributed by atoms with Crippen molar-refractivity contribution < 1.29 is 4.79 Å². The summed E-state index contributed by atoms with van der Waals surface area (Å²) < 4.78 is 1.44. The number of nitrogens with two attached hydrogens (primary N) is 1. The Balaban J connectivity index is 1.93. The van der Waals surface area contributed by atoms with Crippen molar-refractivity contribution in [1.29, 1.82) is 0 Å². The molecule has 1 aromatic carbocycles. The zero-order valence-electron chi connectivity index (χ0n) is 14.2. The molecule has 0 fully saturated rings. The van der Waals surface area contributed by atoms with E-state index in [4.69, 9.17) is 17.4 Å². The summed E-state index contributed by atoms with van der Waals surface area (Å²) in [6.07, 6.45) is 0. The highest BCUT2D eigenvalue weighted by atomic mass is 35.5. The number of carbonyl (C=O) groups is 1. The Morgan fingerprint density at radius 3 is 2.71 bits per heavy atom. The normalized spacial score (nSPS) is 12.9. The molecule has 130 valence electrons. The molecule has 1 atom stereocenters. The van der Waals surface area contributed by atoms with Gasteiger partial charge in [0.15, 0.2) is 5.82 Å². The summed E-state index contributed by atoms with van der Waals surface area (Å²) in [7, 11) is 0. The molecule has 1 amide bonds. The standard InChI is InChI=1S/C16H22ClN5OS/c1-10(11-6-5-7-12(17)8-11)19-13(23)9-24-15-21-20-14(22(15)18)16(2,3)4/h5-8,10H,9,18H2,1-4H3,(H,19,23)/t10-/m1/s1. The van der Waals surface area contributed by atoms with Gasteiger partial charge in [0.25, 0.3) is 0 Å². The quantitative estimate of drug-likeness (QED) is 0.626. The molecule has 8 heteroatoms. The van der Waals surface area contributed by atoms with E-state index in [0.29, 0.717) is 16.0 Å². The smallest absolute Gasteiger partial charge is 0.230 e. The second-order valence-electron chi connectivity index (χ2n) is 6.56. The number of halogens is 1. The van der Waals surface area contributed by atoms with E-state index in [-0.39, 0.29) is 23.1 Å². The third kappa shape index (κ3) is 4.64. The number of carbonyl (C=O) groups excluding carboxylic acids is 1. The molecular weight excluding hydrogens is 346 g/mol. The van der Waals surface area contributed by atoms with Gasteiger partial charge in [-0.3, -0.25) is 4.79 Å². The predicted octanol–water partition coefficient (Wildman–Crippen LogP) is 2.91. The maximum Gasteiger partial charge on any atom is 0.230 e. The summed E-state index contributed by atoms with van der Waals surface area (Å²) >= 11 is 7.23. The van der Waals surface area contributed by atoms with Crippen molar-refractivity contribution in [1.82, 2.24) is 20.2 Å². The number of thioether (sulfide) groups is 1. The van der Waals surface area contributed by atoms with E-state index in [9.17, 15) is 4.79 Å². The Bertz CT molecular complexity index is 725. The van der Waals surface area contributed by atoms with Crippen molar-refractivity contribution in [3.05, 3.63) is 40.7 Å². The molecule has 3 N–H and O–H groups in total. The van der Waals surface area contributed by atoms with Gasteiger partial charge in [-0.15, -0.1) is 10.2 Å². The number of rotatable bonds is 5. The Morgan fingerprint density at radius 2 is 2.12 bits per heavy atom. The number of hydrogen-bond acceptors (Lipinski definition) is 5. The molecule has 0 saturated carbocycles. The molecule has 0 aliphatic carbocycles. The first kappa shape index (κ1) is 18.6. The maximum absolute atomic E-state index is 12.1. The van der Waals surface area contributed by atoms with E-state index < -0.39 is 0 Å². The highest BCUT2D eigenvalue weighted by Crippen LogP contribution is 2.23. The molecule has 0 aliphatic heterocycles. The van der Waals surface area contributed by atoms with Crippen LogP contribution in [0.15, 0.2) is 29.4 Å². The largest absolute Gasteiger partial charge is 0.349 e. The van der Waals surface area contributed by atoms with E-state index in [2.05, 4.69) is 15.5 Å². The summed E-state index contributed by atoms with van der Waals surface area (Å²) in [4.78, 5) is 12.1. The molecule has 1 aromatic heterocycles. The van der Waals surface area contributed by atoms with E-state index in [0.717, 1.165) is 5.56 Å². The summed E-state index contributed by atoms with van der Waals surface area (Å²) in [6, 6.07) is 7.30. The topological polar surface area (TPSA) is 85.8 Å². The first-order chi connectivity index (χ1) is 11.2. The molecule has 2 aromatic rings. The zero-order chi connectivity index (χ0) is 17.9.